The maximum absolute atomic E-state index is 5.77. The zero-order valence-electron chi connectivity index (χ0n) is 10.9. The summed E-state index contributed by atoms with van der Waals surface area (Å²) >= 11 is 5.77. The Balaban J connectivity index is 1.98. The monoisotopic (exact) mass is 284 g/mol. The average molecular weight is 285 g/mol. The van der Waals surface area contributed by atoms with E-state index in [4.69, 9.17) is 16.3 Å². The van der Waals surface area contributed by atoms with Gasteiger partial charge in [-0.2, -0.15) is 10.1 Å². The van der Waals surface area contributed by atoms with Crippen LogP contribution in [0.1, 0.15) is 0 Å². The first-order valence-corrected chi connectivity index (χ1v) is 9.96. The van der Waals surface area contributed by atoms with E-state index in [-0.39, 0.29) is 5.28 Å². The molecule has 98 valence electrons. The van der Waals surface area contributed by atoms with Gasteiger partial charge in [0, 0.05) is 20.9 Å². The van der Waals surface area contributed by atoms with E-state index in [0.717, 1.165) is 18.0 Å². The molecule has 0 unspecified atom stereocenters. The number of hydrogen-bond acceptors (Lipinski definition) is 4. The van der Waals surface area contributed by atoms with Crippen LogP contribution in [0.3, 0.4) is 0 Å². The Labute approximate surface area is 112 Å². The molecule has 0 aliphatic heterocycles. The molecular formula is C11H17ClN4OSi. The van der Waals surface area contributed by atoms with Crippen LogP contribution in [0.5, 0.6) is 0 Å². The minimum atomic E-state index is -1.04. The predicted octanol–water partition coefficient (Wildman–Crippen LogP) is 2.79. The van der Waals surface area contributed by atoms with Crippen LogP contribution in [0.25, 0.3) is 11.0 Å². The molecule has 0 saturated heterocycles. The molecule has 0 fully saturated rings. The second-order valence-corrected chi connectivity index (χ2v) is 11.4. The van der Waals surface area contributed by atoms with Crippen LogP contribution in [-0.4, -0.2) is 34.4 Å². The van der Waals surface area contributed by atoms with E-state index in [1.54, 1.807) is 17.1 Å². The number of rotatable bonds is 5. The van der Waals surface area contributed by atoms with Crippen LogP contribution in [0, 0.1) is 0 Å². The molecule has 0 saturated carbocycles. The Morgan fingerprint density at radius 3 is 2.83 bits per heavy atom. The molecule has 0 aliphatic rings. The van der Waals surface area contributed by atoms with Crippen molar-refractivity contribution in [3.05, 3.63) is 17.7 Å². The van der Waals surface area contributed by atoms with E-state index in [1.165, 1.54) is 0 Å². The first-order chi connectivity index (χ1) is 8.46. The van der Waals surface area contributed by atoms with E-state index in [9.17, 15) is 0 Å². The molecule has 7 heteroatoms. The summed E-state index contributed by atoms with van der Waals surface area (Å²) in [5, 5.41) is 5.31. The fourth-order valence-electron chi connectivity index (χ4n) is 1.47. The third kappa shape index (κ3) is 3.50. The Bertz CT molecular complexity index is 537. The number of hydrogen-bond donors (Lipinski definition) is 0. The summed E-state index contributed by atoms with van der Waals surface area (Å²) in [6.07, 6.45) is 3.38. The highest BCUT2D eigenvalue weighted by Gasteiger charge is 2.12. The van der Waals surface area contributed by atoms with Gasteiger partial charge in [0.1, 0.15) is 6.73 Å². The van der Waals surface area contributed by atoms with Crippen molar-refractivity contribution in [2.75, 3.05) is 6.61 Å². The lowest BCUT2D eigenvalue weighted by atomic mass is 10.4. The zero-order chi connectivity index (χ0) is 13.2. The van der Waals surface area contributed by atoms with Gasteiger partial charge in [0.15, 0.2) is 5.65 Å². The van der Waals surface area contributed by atoms with Gasteiger partial charge in [0.25, 0.3) is 0 Å². The van der Waals surface area contributed by atoms with Gasteiger partial charge < -0.3 is 4.74 Å². The van der Waals surface area contributed by atoms with Crippen LogP contribution >= 0.6 is 11.6 Å². The molecule has 0 amide bonds. The molecule has 0 atom stereocenters. The molecule has 0 aromatic carbocycles. The van der Waals surface area contributed by atoms with Crippen molar-refractivity contribution >= 4 is 30.7 Å². The predicted molar refractivity (Wildman–Crippen MR) is 74.4 cm³/mol. The molecule has 0 radical (unpaired) electrons. The second-order valence-electron chi connectivity index (χ2n) is 5.41. The van der Waals surface area contributed by atoms with Crippen LogP contribution in [0.2, 0.25) is 31.0 Å². The molecule has 0 N–H and O–H groups in total. The summed E-state index contributed by atoms with van der Waals surface area (Å²) < 4.78 is 7.34. The minimum Gasteiger partial charge on any atom is -0.359 e. The van der Waals surface area contributed by atoms with E-state index < -0.39 is 8.07 Å². The number of ether oxygens (including phenoxy) is 1. The summed E-state index contributed by atoms with van der Waals surface area (Å²) in [7, 11) is -1.04. The molecule has 2 rings (SSSR count). The van der Waals surface area contributed by atoms with E-state index >= 15 is 0 Å². The van der Waals surface area contributed by atoms with Gasteiger partial charge in [0.2, 0.25) is 5.28 Å². The number of nitrogens with zero attached hydrogens (tertiary/aromatic N) is 4. The Morgan fingerprint density at radius 1 is 1.33 bits per heavy atom. The van der Waals surface area contributed by atoms with Gasteiger partial charge in [-0.15, -0.1) is 0 Å². The minimum absolute atomic E-state index is 0.228. The van der Waals surface area contributed by atoms with E-state index in [2.05, 4.69) is 34.7 Å². The third-order valence-corrected chi connectivity index (χ3v) is 4.44. The summed E-state index contributed by atoms with van der Waals surface area (Å²) in [4.78, 5) is 8.06. The van der Waals surface area contributed by atoms with E-state index in [0.29, 0.717) is 12.4 Å². The lowest BCUT2D eigenvalue weighted by Crippen LogP contribution is -2.22. The van der Waals surface area contributed by atoms with Crippen molar-refractivity contribution in [1.29, 1.82) is 0 Å². The smallest absolute Gasteiger partial charge is 0.224 e. The average Bonchev–Trinajstić information content (AvgIpc) is 2.66. The van der Waals surface area contributed by atoms with Gasteiger partial charge in [-0.3, -0.25) is 0 Å². The summed E-state index contributed by atoms with van der Waals surface area (Å²) in [6, 6.07) is 1.14. The molecule has 2 aromatic rings. The highest BCUT2D eigenvalue weighted by Crippen LogP contribution is 2.13. The van der Waals surface area contributed by atoms with Crippen LogP contribution in [0.15, 0.2) is 12.4 Å². The molecule has 0 aliphatic carbocycles. The van der Waals surface area contributed by atoms with Gasteiger partial charge in [-0.25, -0.2) is 9.67 Å². The fraction of sp³-hybridized carbons (Fsp3) is 0.545. The van der Waals surface area contributed by atoms with Crippen LogP contribution in [-0.2, 0) is 11.5 Å². The molecule has 2 aromatic heterocycles. The number of halogens is 1. The lowest BCUT2D eigenvalue weighted by molar-refractivity contribution is 0.0813. The lowest BCUT2D eigenvalue weighted by Gasteiger charge is -2.15. The van der Waals surface area contributed by atoms with Crippen molar-refractivity contribution in [3.8, 4) is 0 Å². The first kappa shape index (κ1) is 13.4. The van der Waals surface area contributed by atoms with Crippen molar-refractivity contribution in [1.82, 2.24) is 19.7 Å². The highest BCUT2D eigenvalue weighted by atomic mass is 35.5. The Kier molecular flexibility index (Phi) is 3.99. The quantitative estimate of drug-likeness (QED) is 0.481. The largest absolute Gasteiger partial charge is 0.359 e. The van der Waals surface area contributed by atoms with E-state index in [1.807, 2.05) is 0 Å². The molecule has 2 heterocycles. The summed E-state index contributed by atoms with van der Waals surface area (Å²) in [6.45, 7) is 8.14. The number of fused-ring (bicyclic) bond motifs is 1. The topological polar surface area (TPSA) is 52.8 Å². The van der Waals surface area contributed by atoms with Gasteiger partial charge in [-0.1, -0.05) is 19.6 Å². The Hall–Kier alpha value is -0.983. The maximum Gasteiger partial charge on any atom is 0.224 e. The van der Waals surface area contributed by atoms with Crippen molar-refractivity contribution in [2.24, 2.45) is 0 Å². The van der Waals surface area contributed by atoms with Crippen LogP contribution < -0.4 is 0 Å². The Morgan fingerprint density at radius 2 is 2.11 bits per heavy atom. The van der Waals surface area contributed by atoms with Crippen molar-refractivity contribution in [2.45, 2.75) is 32.4 Å². The van der Waals surface area contributed by atoms with Crippen molar-refractivity contribution in [3.63, 3.8) is 0 Å². The standard InChI is InChI=1S/C11H17ClN4OSi/c1-18(2,3)5-4-17-8-16-10-9(7-14-16)6-13-11(12)15-10/h6-7H,4-5,8H2,1-3H3. The van der Waals surface area contributed by atoms with Gasteiger partial charge in [-0.05, 0) is 17.6 Å². The fourth-order valence-corrected chi connectivity index (χ4v) is 2.36. The first-order valence-electron chi connectivity index (χ1n) is 5.87. The molecule has 0 bridgehead atoms. The van der Waals surface area contributed by atoms with Crippen molar-refractivity contribution < 1.29 is 4.74 Å². The number of aromatic nitrogens is 4. The molecule has 18 heavy (non-hydrogen) atoms. The highest BCUT2D eigenvalue weighted by molar-refractivity contribution is 6.76. The SMILES string of the molecule is C[Si](C)(C)CCOCn1ncc2cnc(Cl)nc21. The molecular weight excluding hydrogens is 268 g/mol. The van der Waals surface area contributed by atoms with Gasteiger partial charge >= 0.3 is 0 Å². The maximum atomic E-state index is 5.77. The molecule has 5 nitrogen and oxygen atoms in total. The normalized spacial score (nSPS) is 12.2. The summed E-state index contributed by atoms with van der Waals surface area (Å²) in [5.74, 6) is 0. The molecule has 0 spiro atoms. The zero-order valence-corrected chi connectivity index (χ0v) is 12.6. The second kappa shape index (κ2) is 5.34. The van der Waals surface area contributed by atoms with Crippen LogP contribution in [0.4, 0.5) is 0 Å². The third-order valence-electron chi connectivity index (χ3n) is 2.56. The summed E-state index contributed by atoms with van der Waals surface area (Å²) in [5.41, 5.74) is 0.711. The van der Waals surface area contributed by atoms with Gasteiger partial charge in [0.05, 0.1) is 11.6 Å².